The van der Waals surface area contributed by atoms with Gasteiger partial charge in [-0.05, 0) is 36.2 Å². The average molecular weight is 251 g/mol. The van der Waals surface area contributed by atoms with Gasteiger partial charge >= 0.3 is 0 Å². The van der Waals surface area contributed by atoms with Crippen molar-refractivity contribution < 1.29 is 9.13 Å². The van der Waals surface area contributed by atoms with Crippen LogP contribution in [0.15, 0.2) is 42.5 Å². The van der Waals surface area contributed by atoms with Gasteiger partial charge in [0.1, 0.15) is 17.3 Å². The molecule has 2 aromatic rings. The third-order valence-corrected chi connectivity index (χ3v) is 2.73. The number of ether oxygens (including phenoxy) is 1. The molecular formula is C14H12ClFO. The fourth-order valence-electron chi connectivity index (χ4n) is 1.57. The van der Waals surface area contributed by atoms with Crippen molar-refractivity contribution >= 4 is 11.6 Å². The Bertz CT molecular complexity index is 525. The normalized spacial score (nSPS) is 10.3. The predicted molar refractivity (Wildman–Crippen MR) is 67.2 cm³/mol. The van der Waals surface area contributed by atoms with Crippen LogP contribution >= 0.6 is 11.6 Å². The van der Waals surface area contributed by atoms with E-state index in [0.29, 0.717) is 17.4 Å². The van der Waals surface area contributed by atoms with E-state index in [1.54, 1.807) is 12.1 Å². The van der Waals surface area contributed by atoms with Crippen molar-refractivity contribution in [3.63, 3.8) is 0 Å². The summed E-state index contributed by atoms with van der Waals surface area (Å²) in [4.78, 5) is 0. The van der Waals surface area contributed by atoms with Crippen molar-refractivity contribution in [3.8, 4) is 11.5 Å². The average Bonchev–Trinajstić information content (AvgIpc) is 2.32. The maximum Gasteiger partial charge on any atom is 0.130 e. The van der Waals surface area contributed by atoms with Gasteiger partial charge in [0.15, 0.2) is 0 Å². The molecule has 17 heavy (non-hydrogen) atoms. The molecule has 0 aliphatic rings. The Morgan fingerprint density at radius 3 is 2.65 bits per heavy atom. The van der Waals surface area contributed by atoms with E-state index in [1.165, 1.54) is 12.1 Å². The Balaban J connectivity index is 2.24. The zero-order valence-corrected chi connectivity index (χ0v) is 10.2. The Morgan fingerprint density at radius 1 is 1.18 bits per heavy atom. The van der Waals surface area contributed by atoms with Crippen LogP contribution in [-0.4, -0.2) is 0 Å². The molecule has 0 amide bonds. The van der Waals surface area contributed by atoms with Crippen molar-refractivity contribution in [2.75, 3.05) is 0 Å². The van der Waals surface area contributed by atoms with Crippen LogP contribution in [0.25, 0.3) is 0 Å². The maximum atomic E-state index is 13.0. The van der Waals surface area contributed by atoms with Crippen molar-refractivity contribution in [2.24, 2.45) is 0 Å². The second-order valence-corrected chi connectivity index (χ2v) is 4.06. The van der Waals surface area contributed by atoms with Crippen molar-refractivity contribution in [2.45, 2.75) is 12.8 Å². The first-order valence-electron chi connectivity index (χ1n) is 5.28. The van der Waals surface area contributed by atoms with Gasteiger partial charge in [0.2, 0.25) is 0 Å². The molecule has 0 aliphatic carbocycles. The topological polar surface area (TPSA) is 9.23 Å². The molecule has 2 aromatic carbocycles. The largest absolute Gasteiger partial charge is 0.457 e. The predicted octanol–water partition coefficient (Wildman–Crippen LogP) is 4.67. The molecule has 0 heterocycles. The smallest absolute Gasteiger partial charge is 0.130 e. The van der Waals surface area contributed by atoms with E-state index >= 15 is 0 Å². The first-order valence-corrected chi connectivity index (χ1v) is 5.81. The van der Waals surface area contributed by atoms with Crippen LogP contribution in [0.4, 0.5) is 4.39 Å². The van der Waals surface area contributed by atoms with Crippen LogP contribution in [0.3, 0.4) is 0 Å². The van der Waals surface area contributed by atoms with Crippen LogP contribution in [-0.2, 0) is 5.88 Å². The number of alkyl halides is 1. The lowest BCUT2D eigenvalue weighted by Crippen LogP contribution is -1.89. The third-order valence-electron chi connectivity index (χ3n) is 2.42. The number of rotatable bonds is 3. The lowest BCUT2D eigenvalue weighted by atomic mass is 10.1. The van der Waals surface area contributed by atoms with E-state index in [0.717, 1.165) is 11.1 Å². The van der Waals surface area contributed by atoms with Gasteiger partial charge in [0.05, 0.1) is 0 Å². The van der Waals surface area contributed by atoms with Gasteiger partial charge in [-0.15, -0.1) is 11.6 Å². The van der Waals surface area contributed by atoms with Gasteiger partial charge in [0, 0.05) is 11.9 Å². The van der Waals surface area contributed by atoms with E-state index in [-0.39, 0.29) is 5.82 Å². The first-order chi connectivity index (χ1) is 8.19. The van der Waals surface area contributed by atoms with Crippen LogP contribution in [0.5, 0.6) is 11.5 Å². The van der Waals surface area contributed by atoms with Crippen LogP contribution in [0, 0.1) is 12.7 Å². The lowest BCUT2D eigenvalue weighted by Gasteiger charge is -2.09. The Morgan fingerprint density at radius 2 is 2.00 bits per heavy atom. The SMILES string of the molecule is Cc1cc(CCl)ccc1Oc1cccc(F)c1. The standard InChI is InChI=1S/C14H12ClFO/c1-10-7-11(9-15)5-6-14(10)17-13-4-2-3-12(16)8-13/h2-8H,9H2,1H3. The highest BCUT2D eigenvalue weighted by Crippen LogP contribution is 2.26. The van der Waals surface area contributed by atoms with E-state index in [2.05, 4.69) is 0 Å². The summed E-state index contributed by atoms with van der Waals surface area (Å²) in [6.07, 6.45) is 0. The summed E-state index contributed by atoms with van der Waals surface area (Å²) in [6.45, 7) is 1.94. The van der Waals surface area contributed by atoms with Crippen LogP contribution in [0.1, 0.15) is 11.1 Å². The van der Waals surface area contributed by atoms with Gasteiger partial charge in [-0.1, -0.05) is 18.2 Å². The fourth-order valence-corrected chi connectivity index (χ4v) is 1.73. The molecule has 0 saturated heterocycles. The molecule has 0 aliphatic heterocycles. The second kappa shape index (κ2) is 5.19. The van der Waals surface area contributed by atoms with Gasteiger partial charge in [-0.2, -0.15) is 0 Å². The van der Waals surface area contributed by atoms with Crippen molar-refractivity contribution in [1.82, 2.24) is 0 Å². The number of halogens is 2. The molecular weight excluding hydrogens is 239 g/mol. The molecule has 0 N–H and O–H groups in total. The number of hydrogen-bond donors (Lipinski definition) is 0. The van der Waals surface area contributed by atoms with Gasteiger partial charge in [-0.3, -0.25) is 0 Å². The Hall–Kier alpha value is -1.54. The summed E-state index contributed by atoms with van der Waals surface area (Å²) < 4.78 is 18.6. The molecule has 0 aromatic heterocycles. The van der Waals surface area contributed by atoms with Crippen LogP contribution < -0.4 is 4.74 Å². The highest BCUT2D eigenvalue weighted by Gasteiger charge is 2.03. The van der Waals surface area contributed by atoms with Crippen LogP contribution in [0.2, 0.25) is 0 Å². The molecule has 0 radical (unpaired) electrons. The summed E-state index contributed by atoms with van der Waals surface area (Å²) in [7, 11) is 0. The molecule has 3 heteroatoms. The molecule has 0 spiro atoms. The summed E-state index contributed by atoms with van der Waals surface area (Å²) in [5.41, 5.74) is 2.02. The molecule has 88 valence electrons. The highest BCUT2D eigenvalue weighted by atomic mass is 35.5. The minimum Gasteiger partial charge on any atom is -0.457 e. The number of benzene rings is 2. The highest BCUT2D eigenvalue weighted by molar-refractivity contribution is 6.17. The Labute approximate surface area is 105 Å². The number of hydrogen-bond acceptors (Lipinski definition) is 1. The maximum absolute atomic E-state index is 13.0. The minimum absolute atomic E-state index is 0.308. The van der Waals surface area contributed by atoms with Gasteiger partial charge in [-0.25, -0.2) is 4.39 Å². The molecule has 0 saturated carbocycles. The van der Waals surface area contributed by atoms with Gasteiger partial charge < -0.3 is 4.74 Å². The molecule has 2 rings (SSSR count). The first kappa shape index (κ1) is 11.9. The third kappa shape index (κ3) is 2.98. The van der Waals surface area contributed by atoms with E-state index in [9.17, 15) is 4.39 Å². The Kier molecular flexibility index (Phi) is 3.64. The van der Waals surface area contributed by atoms with E-state index in [1.807, 2.05) is 25.1 Å². The minimum atomic E-state index is -0.308. The molecule has 0 fully saturated rings. The summed E-state index contributed by atoms with van der Waals surface area (Å²) >= 11 is 5.74. The number of aryl methyl sites for hydroxylation is 1. The fraction of sp³-hybridized carbons (Fsp3) is 0.143. The second-order valence-electron chi connectivity index (χ2n) is 3.79. The molecule has 0 atom stereocenters. The summed E-state index contributed by atoms with van der Waals surface area (Å²) in [5.74, 6) is 1.37. The van der Waals surface area contributed by atoms with E-state index < -0.39 is 0 Å². The monoisotopic (exact) mass is 250 g/mol. The van der Waals surface area contributed by atoms with Gasteiger partial charge in [0.25, 0.3) is 0 Å². The zero-order chi connectivity index (χ0) is 12.3. The molecule has 0 bridgehead atoms. The molecule has 1 nitrogen and oxygen atoms in total. The molecule has 0 unspecified atom stereocenters. The van der Waals surface area contributed by atoms with E-state index in [4.69, 9.17) is 16.3 Å². The summed E-state index contributed by atoms with van der Waals surface area (Å²) in [6, 6.07) is 11.8. The lowest BCUT2D eigenvalue weighted by molar-refractivity contribution is 0.473. The zero-order valence-electron chi connectivity index (χ0n) is 9.41. The van der Waals surface area contributed by atoms with Crippen molar-refractivity contribution in [1.29, 1.82) is 0 Å². The summed E-state index contributed by atoms with van der Waals surface area (Å²) in [5, 5.41) is 0. The van der Waals surface area contributed by atoms with Crippen molar-refractivity contribution in [3.05, 3.63) is 59.4 Å². The quantitative estimate of drug-likeness (QED) is 0.720.